The van der Waals surface area contributed by atoms with Gasteiger partial charge in [0.1, 0.15) is 17.1 Å². The summed E-state index contributed by atoms with van der Waals surface area (Å²) in [4.78, 5) is 24.5. The minimum Gasteiger partial charge on any atom is -0.497 e. The van der Waals surface area contributed by atoms with Gasteiger partial charge in [-0.05, 0) is 42.7 Å². The van der Waals surface area contributed by atoms with Gasteiger partial charge < -0.3 is 19.9 Å². The second-order valence-corrected chi connectivity index (χ2v) is 6.70. The second-order valence-electron chi connectivity index (χ2n) is 6.70. The van der Waals surface area contributed by atoms with Crippen LogP contribution in [0.2, 0.25) is 0 Å². The number of benzene rings is 2. The second kappa shape index (κ2) is 7.70. The Morgan fingerprint density at radius 1 is 1.04 bits per heavy atom. The van der Waals surface area contributed by atoms with E-state index in [-0.39, 0.29) is 17.2 Å². The first-order valence-corrected chi connectivity index (χ1v) is 8.87. The van der Waals surface area contributed by atoms with Gasteiger partial charge in [0.25, 0.3) is 0 Å². The number of nitrogens with one attached hydrogen (secondary N) is 1. The van der Waals surface area contributed by atoms with Crippen LogP contribution in [0.3, 0.4) is 0 Å². The molecule has 0 spiro atoms. The lowest BCUT2D eigenvalue weighted by atomic mass is 9.78. The van der Waals surface area contributed by atoms with E-state index in [0.717, 1.165) is 37.0 Å². The number of carboxylic acids is 1. The van der Waals surface area contributed by atoms with Crippen LogP contribution in [0.5, 0.6) is 11.5 Å². The van der Waals surface area contributed by atoms with Crippen LogP contribution in [0.25, 0.3) is 0 Å². The third-order valence-corrected chi connectivity index (χ3v) is 5.20. The maximum atomic E-state index is 13.2. The normalized spacial score (nSPS) is 15.2. The maximum Gasteiger partial charge on any atom is 0.339 e. The first kappa shape index (κ1) is 18.8. The number of carboxylic acid groups (broad SMARTS) is 1. The highest BCUT2D eigenvalue weighted by Gasteiger charge is 2.43. The molecule has 1 saturated carbocycles. The van der Waals surface area contributed by atoms with Crippen molar-refractivity contribution in [2.45, 2.75) is 31.1 Å². The van der Waals surface area contributed by atoms with Crippen molar-refractivity contribution in [1.82, 2.24) is 0 Å². The molecule has 0 bridgehead atoms. The summed E-state index contributed by atoms with van der Waals surface area (Å²) in [6, 6.07) is 12.2. The highest BCUT2D eigenvalue weighted by Crippen LogP contribution is 2.43. The van der Waals surface area contributed by atoms with Gasteiger partial charge >= 0.3 is 5.97 Å². The van der Waals surface area contributed by atoms with Crippen LogP contribution in [0, 0.1) is 0 Å². The fourth-order valence-corrected chi connectivity index (χ4v) is 3.74. The van der Waals surface area contributed by atoms with E-state index in [1.807, 2.05) is 24.3 Å². The van der Waals surface area contributed by atoms with E-state index in [1.54, 1.807) is 13.2 Å². The van der Waals surface area contributed by atoms with Crippen molar-refractivity contribution >= 4 is 17.6 Å². The van der Waals surface area contributed by atoms with E-state index < -0.39 is 11.4 Å². The highest BCUT2D eigenvalue weighted by molar-refractivity contribution is 6.00. The summed E-state index contributed by atoms with van der Waals surface area (Å²) in [6.45, 7) is 0. The number of rotatable bonds is 6. The molecule has 0 aliphatic heterocycles. The molecule has 6 heteroatoms. The molecule has 1 aliphatic carbocycles. The first-order valence-electron chi connectivity index (χ1n) is 8.87. The molecular formula is C21H23NO5. The summed E-state index contributed by atoms with van der Waals surface area (Å²) in [6.07, 6.45) is 3.48. The molecule has 2 N–H and O–H groups in total. The number of carbonyl (C=O) groups excluding carboxylic acids is 1. The lowest BCUT2D eigenvalue weighted by Gasteiger charge is -2.28. The van der Waals surface area contributed by atoms with E-state index in [1.165, 1.54) is 19.2 Å². The maximum absolute atomic E-state index is 13.2. The molecule has 0 unspecified atom stereocenters. The molecule has 0 radical (unpaired) electrons. The Morgan fingerprint density at radius 2 is 1.78 bits per heavy atom. The van der Waals surface area contributed by atoms with Crippen molar-refractivity contribution in [3.05, 3.63) is 53.6 Å². The number of ether oxygens (including phenoxy) is 2. The van der Waals surface area contributed by atoms with Gasteiger partial charge in [-0.15, -0.1) is 0 Å². The van der Waals surface area contributed by atoms with E-state index in [4.69, 9.17) is 9.47 Å². The minimum absolute atomic E-state index is 0.0545. The Labute approximate surface area is 158 Å². The molecule has 2 aromatic rings. The molecule has 0 aromatic heterocycles. The summed E-state index contributed by atoms with van der Waals surface area (Å²) >= 11 is 0. The van der Waals surface area contributed by atoms with Gasteiger partial charge in [-0.3, -0.25) is 4.79 Å². The van der Waals surface area contributed by atoms with E-state index >= 15 is 0 Å². The number of amides is 1. The molecule has 1 amide bonds. The Bertz CT molecular complexity index is 855. The van der Waals surface area contributed by atoms with E-state index in [2.05, 4.69) is 5.32 Å². The molecule has 2 aromatic carbocycles. The van der Waals surface area contributed by atoms with Gasteiger partial charge in [-0.25, -0.2) is 4.79 Å². The van der Waals surface area contributed by atoms with Crippen molar-refractivity contribution in [2.24, 2.45) is 0 Å². The zero-order valence-corrected chi connectivity index (χ0v) is 15.5. The topological polar surface area (TPSA) is 84.9 Å². The van der Waals surface area contributed by atoms with Gasteiger partial charge in [-0.2, -0.15) is 0 Å². The molecule has 1 fully saturated rings. The fraction of sp³-hybridized carbons (Fsp3) is 0.333. The van der Waals surface area contributed by atoms with Gasteiger partial charge in [0.05, 0.1) is 19.6 Å². The van der Waals surface area contributed by atoms with Gasteiger partial charge in [0.15, 0.2) is 0 Å². The average Bonchev–Trinajstić information content (AvgIpc) is 3.19. The summed E-state index contributed by atoms with van der Waals surface area (Å²) in [7, 11) is 3.01. The van der Waals surface area contributed by atoms with Gasteiger partial charge in [-0.1, -0.05) is 25.0 Å². The SMILES string of the molecule is COc1cccc(C2(C(=O)Nc3ccc(C(=O)O)c(OC)c3)CCCC2)c1. The number of aromatic carboxylic acids is 1. The fourth-order valence-electron chi connectivity index (χ4n) is 3.74. The number of hydrogen-bond donors (Lipinski definition) is 2. The standard InChI is InChI=1S/C21H23NO5/c1-26-16-7-5-6-14(12-16)21(10-3-4-11-21)20(25)22-15-8-9-17(19(23)24)18(13-15)27-2/h5-9,12-13H,3-4,10-11H2,1-2H3,(H,22,25)(H,23,24). The van der Waals surface area contributed by atoms with Crippen molar-refractivity contribution < 1.29 is 24.2 Å². The molecule has 0 saturated heterocycles. The summed E-state index contributed by atoms with van der Waals surface area (Å²) in [5.74, 6) is -0.243. The Morgan fingerprint density at radius 3 is 2.41 bits per heavy atom. The smallest absolute Gasteiger partial charge is 0.339 e. The monoisotopic (exact) mass is 369 g/mol. The van der Waals surface area contributed by atoms with Crippen LogP contribution < -0.4 is 14.8 Å². The Hall–Kier alpha value is -3.02. The number of hydrogen-bond acceptors (Lipinski definition) is 4. The average molecular weight is 369 g/mol. The minimum atomic E-state index is -1.08. The number of anilines is 1. The third kappa shape index (κ3) is 3.60. The first-order chi connectivity index (χ1) is 13.0. The van der Waals surface area contributed by atoms with Crippen LogP contribution >= 0.6 is 0 Å². The molecule has 0 heterocycles. The zero-order valence-electron chi connectivity index (χ0n) is 15.5. The molecule has 0 atom stereocenters. The molecular weight excluding hydrogens is 346 g/mol. The van der Waals surface area contributed by atoms with Crippen molar-refractivity contribution in [3.63, 3.8) is 0 Å². The third-order valence-electron chi connectivity index (χ3n) is 5.20. The Kier molecular flexibility index (Phi) is 5.35. The summed E-state index contributed by atoms with van der Waals surface area (Å²) in [5, 5.41) is 12.2. The Balaban J connectivity index is 1.91. The van der Waals surface area contributed by atoms with Gasteiger partial charge in [0.2, 0.25) is 5.91 Å². The zero-order chi connectivity index (χ0) is 19.4. The summed E-state index contributed by atoms with van der Waals surface area (Å²) in [5.41, 5.74) is 0.883. The van der Waals surface area contributed by atoms with Crippen molar-refractivity contribution in [2.75, 3.05) is 19.5 Å². The van der Waals surface area contributed by atoms with Crippen LogP contribution in [-0.2, 0) is 10.2 Å². The molecule has 6 nitrogen and oxygen atoms in total. The van der Waals surface area contributed by atoms with Crippen LogP contribution in [0.4, 0.5) is 5.69 Å². The lowest BCUT2D eigenvalue weighted by Crippen LogP contribution is -2.38. The predicted octanol–water partition coefficient (Wildman–Crippen LogP) is 3.85. The van der Waals surface area contributed by atoms with E-state index in [9.17, 15) is 14.7 Å². The van der Waals surface area contributed by atoms with Gasteiger partial charge in [0, 0.05) is 11.8 Å². The van der Waals surface area contributed by atoms with Crippen LogP contribution in [0.15, 0.2) is 42.5 Å². The quantitative estimate of drug-likeness (QED) is 0.808. The molecule has 1 aliphatic rings. The predicted molar refractivity (Wildman–Crippen MR) is 102 cm³/mol. The van der Waals surface area contributed by atoms with E-state index in [0.29, 0.717) is 5.69 Å². The molecule has 142 valence electrons. The number of carbonyl (C=O) groups is 2. The molecule has 3 rings (SSSR count). The number of methoxy groups -OCH3 is 2. The lowest BCUT2D eigenvalue weighted by molar-refractivity contribution is -0.121. The van der Waals surface area contributed by atoms with Crippen molar-refractivity contribution in [1.29, 1.82) is 0 Å². The highest BCUT2D eigenvalue weighted by atomic mass is 16.5. The largest absolute Gasteiger partial charge is 0.497 e. The summed E-state index contributed by atoms with van der Waals surface area (Å²) < 4.78 is 10.5. The van der Waals surface area contributed by atoms with Crippen molar-refractivity contribution in [3.8, 4) is 11.5 Å². The van der Waals surface area contributed by atoms with Crippen LogP contribution in [0.1, 0.15) is 41.6 Å². The van der Waals surface area contributed by atoms with Crippen LogP contribution in [-0.4, -0.2) is 31.2 Å². The molecule has 27 heavy (non-hydrogen) atoms.